The Kier molecular flexibility index (Phi) is 2.98. The molecule has 92 valence electrons. The molecule has 0 aromatic heterocycles. The first-order valence-corrected chi connectivity index (χ1v) is 6.43. The van der Waals surface area contributed by atoms with Crippen LogP contribution >= 0.6 is 11.6 Å². The van der Waals surface area contributed by atoms with Crippen LogP contribution in [0.5, 0.6) is 0 Å². The van der Waals surface area contributed by atoms with Gasteiger partial charge < -0.3 is 5.73 Å². The number of fused-ring (bicyclic) bond motifs is 1. The SMILES string of the molecule is Nc1cccc2c1CN(Cc1ccc(Cl)cc1)C2. The molecule has 0 spiro atoms. The standard InChI is InChI=1S/C15H15ClN2/c16-13-6-4-11(5-7-13)8-18-9-12-2-1-3-15(17)14(12)10-18/h1-7H,8-10,17H2. The third-order valence-electron chi connectivity index (χ3n) is 3.40. The lowest BCUT2D eigenvalue weighted by molar-refractivity contribution is 0.276. The molecule has 2 nitrogen and oxygen atoms in total. The molecule has 0 saturated heterocycles. The zero-order chi connectivity index (χ0) is 12.5. The minimum absolute atomic E-state index is 0.785. The van der Waals surface area contributed by atoms with Crippen LogP contribution in [0.25, 0.3) is 0 Å². The van der Waals surface area contributed by atoms with Crippen LogP contribution < -0.4 is 5.73 Å². The van der Waals surface area contributed by atoms with E-state index in [0.717, 1.165) is 30.3 Å². The van der Waals surface area contributed by atoms with E-state index >= 15 is 0 Å². The Morgan fingerprint density at radius 3 is 2.56 bits per heavy atom. The van der Waals surface area contributed by atoms with Gasteiger partial charge in [0.25, 0.3) is 0 Å². The summed E-state index contributed by atoms with van der Waals surface area (Å²) in [5, 5.41) is 0.785. The summed E-state index contributed by atoms with van der Waals surface area (Å²) >= 11 is 5.89. The van der Waals surface area contributed by atoms with Crippen LogP contribution in [0.1, 0.15) is 16.7 Å². The van der Waals surface area contributed by atoms with Crippen molar-refractivity contribution in [1.29, 1.82) is 0 Å². The van der Waals surface area contributed by atoms with Crippen molar-refractivity contribution < 1.29 is 0 Å². The highest BCUT2D eigenvalue weighted by molar-refractivity contribution is 6.30. The van der Waals surface area contributed by atoms with Gasteiger partial charge in [0.1, 0.15) is 0 Å². The lowest BCUT2D eigenvalue weighted by Gasteiger charge is -2.14. The molecule has 18 heavy (non-hydrogen) atoms. The monoisotopic (exact) mass is 258 g/mol. The van der Waals surface area contributed by atoms with E-state index in [1.54, 1.807) is 0 Å². The van der Waals surface area contributed by atoms with Gasteiger partial charge in [-0.15, -0.1) is 0 Å². The number of nitrogens with two attached hydrogens (primary N) is 1. The Labute approximate surface area is 112 Å². The maximum atomic E-state index is 6.00. The molecule has 1 aliphatic heterocycles. The molecule has 0 atom stereocenters. The maximum Gasteiger partial charge on any atom is 0.0406 e. The Morgan fingerprint density at radius 1 is 1.06 bits per heavy atom. The smallest absolute Gasteiger partial charge is 0.0406 e. The van der Waals surface area contributed by atoms with Gasteiger partial charge in [-0.3, -0.25) is 4.90 Å². The molecule has 0 fully saturated rings. The Hall–Kier alpha value is -1.51. The number of hydrogen-bond acceptors (Lipinski definition) is 2. The molecule has 0 saturated carbocycles. The van der Waals surface area contributed by atoms with Gasteiger partial charge in [-0.1, -0.05) is 35.9 Å². The number of halogens is 1. The largest absolute Gasteiger partial charge is 0.398 e. The normalized spacial score (nSPS) is 14.7. The van der Waals surface area contributed by atoms with Crippen molar-refractivity contribution in [2.75, 3.05) is 5.73 Å². The number of hydrogen-bond donors (Lipinski definition) is 1. The predicted octanol–water partition coefficient (Wildman–Crippen LogP) is 3.44. The van der Waals surface area contributed by atoms with Crippen LogP contribution in [-0.4, -0.2) is 4.90 Å². The summed E-state index contributed by atoms with van der Waals surface area (Å²) in [6, 6.07) is 14.2. The van der Waals surface area contributed by atoms with Crippen LogP contribution in [0.4, 0.5) is 5.69 Å². The summed E-state index contributed by atoms with van der Waals surface area (Å²) in [6.07, 6.45) is 0. The molecule has 2 aromatic rings. The van der Waals surface area contributed by atoms with Crippen molar-refractivity contribution in [3.05, 3.63) is 64.2 Å². The third-order valence-corrected chi connectivity index (χ3v) is 3.66. The molecule has 0 amide bonds. The second-order valence-corrected chi connectivity index (χ2v) is 5.19. The van der Waals surface area contributed by atoms with Crippen molar-refractivity contribution >= 4 is 17.3 Å². The molecule has 3 heteroatoms. The second kappa shape index (κ2) is 4.63. The summed E-state index contributed by atoms with van der Waals surface area (Å²) in [6.45, 7) is 2.85. The molecule has 1 heterocycles. The Morgan fingerprint density at radius 2 is 1.83 bits per heavy atom. The first kappa shape index (κ1) is 11.6. The van der Waals surface area contributed by atoms with Gasteiger partial charge in [0.2, 0.25) is 0 Å². The number of anilines is 1. The highest BCUT2D eigenvalue weighted by atomic mass is 35.5. The summed E-state index contributed by atoms with van der Waals surface area (Å²) < 4.78 is 0. The average molecular weight is 259 g/mol. The maximum absolute atomic E-state index is 6.00. The van der Waals surface area contributed by atoms with E-state index in [1.807, 2.05) is 24.3 Å². The van der Waals surface area contributed by atoms with E-state index in [4.69, 9.17) is 17.3 Å². The van der Waals surface area contributed by atoms with Gasteiger partial charge in [-0.25, -0.2) is 0 Å². The van der Waals surface area contributed by atoms with Crippen molar-refractivity contribution in [3.63, 3.8) is 0 Å². The first-order valence-electron chi connectivity index (χ1n) is 6.05. The minimum Gasteiger partial charge on any atom is -0.398 e. The van der Waals surface area contributed by atoms with Crippen molar-refractivity contribution in [1.82, 2.24) is 4.90 Å². The molecule has 0 radical (unpaired) electrons. The highest BCUT2D eigenvalue weighted by Gasteiger charge is 2.20. The van der Waals surface area contributed by atoms with Gasteiger partial charge in [-0.2, -0.15) is 0 Å². The summed E-state index contributed by atoms with van der Waals surface area (Å²) in [5.74, 6) is 0. The van der Waals surface area contributed by atoms with E-state index in [-0.39, 0.29) is 0 Å². The third kappa shape index (κ3) is 2.22. The summed E-state index contributed by atoms with van der Waals surface area (Å²) in [5.41, 5.74) is 10.8. The number of benzene rings is 2. The predicted molar refractivity (Wildman–Crippen MR) is 75.3 cm³/mol. The molecule has 0 bridgehead atoms. The Balaban J connectivity index is 1.75. The van der Waals surface area contributed by atoms with Crippen molar-refractivity contribution in [2.45, 2.75) is 19.6 Å². The van der Waals surface area contributed by atoms with Gasteiger partial charge in [0, 0.05) is 30.3 Å². The number of nitrogen functional groups attached to an aromatic ring is 1. The van der Waals surface area contributed by atoms with Gasteiger partial charge in [-0.05, 0) is 34.9 Å². The lowest BCUT2D eigenvalue weighted by Crippen LogP contribution is -2.15. The number of nitrogens with zero attached hydrogens (tertiary/aromatic N) is 1. The van der Waals surface area contributed by atoms with Gasteiger partial charge in [0.15, 0.2) is 0 Å². The van der Waals surface area contributed by atoms with Crippen molar-refractivity contribution in [2.24, 2.45) is 0 Å². The Bertz CT molecular complexity index is 563. The molecule has 0 unspecified atom stereocenters. The lowest BCUT2D eigenvalue weighted by atomic mass is 10.1. The molecule has 0 aliphatic carbocycles. The van der Waals surface area contributed by atoms with Gasteiger partial charge in [0.05, 0.1) is 0 Å². The first-order chi connectivity index (χ1) is 8.72. The van der Waals surface area contributed by atoms with Crippen LogP contribution in [-0.2, 0) is 19.6 Å². The van der Waals surface area contributed by atoms with Crippen LogP contribution in [0.15, 0.2) is 42.5 Å². The average Bonchev–Trinajstić information content (AvgIpc) is 2.76. The highest BCUT2D eigenvalue weighted by Crippen LogP contribution is 2.28. The summed E-state index contributed by atoms with van der Waals surface area (Å²) in [4.78, 5) is 2.39. The van der Waals surface area contributed by atoms with E-state index < -0.39 is 0 Å². The topological polar surface area (TPSA) is 29.3 Å². The second-order valence-electron chi connectivity index (χ2n) is 4.76. The number of rotatable bonds is 2. The van der Waals surface area contributed by atoms with Gasteiger partial charge >= 0.3 is 0 Å². The van der Waals surface area contributed by atoms with E-state index in [1.165, 1.54) is 16.7 Å². The van der Waals surface area contributed by atoms with Crippen LogP contribution in [0.3, 0.4) is 0 Å². The summed E-state index contributed by atoms with van der Waals surface area (Å²) in [7, 11) is 0. The molecule has 3 rings (SSSR count). The molecule has 1 aliphatic rings. The van der Waals surface area contributed by atoms with Crippen LogP contribution in [0, 0.1) is 0 Å². The zero-order valence-corrected chi connectivity index (χ0v) is 10.8. The van der Waals surface area contributed by atoms with Crippen molar-refractivity contribution in [3.8, 4) is 0 Å². The fourth-order valence-electron chi connectivity index (χ4n) is 2.48. The zero-order valence-electron chi connectivity index (χ0n) is 10.1. The fourth-order valence-corrected chi connectivity index (χ4v) is 2.60. The molecule has 2 N–H and O–H groups in total. The fraction of sp³-hybridized carbons (Fsp3) is 0.200. The quantitative estimate of drug-likeness (QED) is 0.836. The van der Waals surface area contributed by atoms with E-state index in [0.29, 0.717) is 0 Å². The molecular formula is C15H15ClN2. The minimum atomic E-state index is 0.785. The molecule has 2 aromatic carbocycles. The molecular weight excluding hydrogens is 244 g/mol. The van der Waals surface area contributed by atoms with E-state index in [9.17, 15) is 0 Å². The van der Waals surface area contributed by atoms with E-state index in [2.05, 4.69) is 23.1 Å². The van der Waals surface area contributed by atoms with Crippen LogP contribution in [0.2, 0.25) is 5.02 Å².